The van der Waals surface area contributed by atoms with Gasteiger partial charge in [-0.3, -0.25) is 4.90 Å². The summed E-state index contributed by atoms with van der Waals surface area (Å²) in [6.45, 7) is 3.89. The van der Waals surface area contributed by atoms with Gasteiger partial charge in [-0.15, -0.1) is 0 Å². The molecule has 1 N–H and O–H groups in total. The second-order valence-electron chi connectivity index (χ2n) is 3.85. The minimum atomic E-state index is -0.858. The maximum absolute atomic E-state index is 11.0. The van der Waals surface area contributed by atoms with Crippen LogP contribution in [0.25, 0.3) is 0 Å². The van der Waals surface area contributed by atoms with Gasteiger partial charge in [0.2, 0.25) is 0 Å². The van der Waals surface area contributed by atoms with Gasteiger partial charge in [0.25, 0.3) is 0 Å². The van der Waals surface area contributed by atoms with Gasteiger partial charge in [-0.1, -0.05) is 18.2 Å². The smallest absolute Gasteiger partial charge is 0.336 e. The van der Waals surface area contributed by atoms with Crippen LogP contribution in [0.1, 0.15) is 15.9 Å². The first-order valence-corrected chi connectivity index (χ1v) is 5.38. The monoisotopic (exact) mass is 228 g/mol. The second-order valence-corrected chi connectivity index (χ2v) is 3.85. The quantitative estimate of drug-likeness (QED) is 0.779. The Morgan fingerprint density at radius 2 is 1.94 bits per heavy atom. The van der Waals surface area contributed by atoms with Gasteiger partial charge in [0.1, 0.15) is 0 Å². The molecule has 1 fully saturated rings. The third-order valence-corrected chi connectivity index (χ3v) is 2.75. The predicted octanol–water partition coefficient (Wildman–Crippen LogP) is 0.836. The molecule has 17 heavy (non-hydrogen) atoms. The summed E-state index contributed by atoms with van der Waals surface area (Å²) in [5.41, 5.74) is 1.27. The molecule has 0 unspecified atom stereocenters. The standard InChI is InChI=1S/C12H15NO3.Li/c14-12(15)11-4-2-1-3-10(11)9-13-5-7-16-8-6-13;/h1-4H,5-9H2,(H,14,15);. The SMILES string of the molecule is O=C(O)c1ccccc1CN1CCOCC1.[Li]. The van der Waals surface area contributed by atoms with Gasteiger partial charge in [0, 0.05) is 38.5 Å². The van der Waals surface area contributed by atoms with Crippen molar-refractivity contribution in [2.24, 2.45) is 0 Å². The zero-order valence-electron chi connectivity index (χ0n) is 10.1. The van der Waals surface area contributed by atoms with Gasteiger partial charge in [-0.25, -0.2) is 4.79 Å². The van der Waals surface area contributed by atoms with Crippen LogP contribution in [0.2, 0.25) is 0 Å². The molecular weight excluding hydrogens is 213 g/mol. The number of morpholine rings is 1. The van der Waals surface area contributed by atoms with Gasteiger partial charge in [-0.05, 0) is 11.6 Å². The van der Waals surface area contributed by atoms with Crippen molar-refractivity contribution in [3.8, 4) is 0 Å². The molecule has 87 valence electrons. The average molecular weight is 228 g/mol. The number of rotatable bonds is 3. The van der Waals surface area contributed by atoms with E-state index in [2.05, 4.69) is 4.90 Å². The number of hydrogen-bond acceptors (Lipinski definition) is 3. The van der Waals surface area contributed by atoms with E-state index in [0.29, 0.717) is 12.1 Å². The van der Waals surface area contributed by atoms with Crippen LogP contribution in [-0.4, -0.2) is 61.1 Å². The molecule has 1 aromatic rings. The molecule has 1 aliphatic rings. The summed E-state index contributed by atoms with van der Waals surface area (Å²) in [5.74, 6) is -0.858. The Morgan fingerprint density at radius 3 is 2.59 bits per heavy atom. The number of aromatic carboxylic acids is 1. The van der Waals surface area contributed by atoms with Crippen LogP contribution in [0.15, 0.2) is 24.3 Å². The fourth-order valence-electron chi connectivity index (χ4n) is 1.87. The summed E-state index contributed by atoms with van der Waals surface area (Å²) < 4.78 is 5.26. The number of ether oxygens (including phenoxy) is 1. The van der Waals surface area contributed by atoms with E-state index in [-0.39, 0.29) is 18.9 Å². The predicted molar refractivity (Wildman–Crippen MR) is 65.3 cm³/mol. The van der Waals surface area contributed by atoms with Crippen LogP contribution in [0, 0.1) is 0 Å². The van der Waals surface area contributed by atoms with E-state index in [4.69, 9.17) is 9.84 Å². The van der Waals surface area contributed by atoms with Crippen molar-refractivity contribution in [2.45, 2.75) is 6.54 Å². The summed E-state index contributed by atoms with van der Waals surface area (Å²) in [6, 6.07) is 7.16. The molecule has 1 saturated heterocycles. The van der Waals surface area contributed by atoms with Gasteiger partial charge in [-0.2, -0.15) is 0 Å². The third kappa shape index (κ3) is 3.86. The van der Waals surface area contributed by atoms with E-state index in [1.807, 2.05) is 12.1 Å². The van der Waals surface area contributed by atoms with Crippen LogP contribution in [0.5, 0.6) is 0 Å². The van der Waals surface area contributed by atoms with Crippen LogP contribution in [-0.2, 0) is 11.3 Å². The van der Waals surface area contributed by atoms with E-state index in [1.54, 1.807) is 12.1 Å². The Labute approximate surface area is 113 Å². The van der Waals surface area contributed by atoms with E-state index < -0.39 is 5.97 Å². The van der Waals surface area contributed by atoms with Crippen molar-refractivity contribution in [3.63, 3.8) is 0 Å². The van der Waals surface area contributed by atoms with Gasteiger partial charge >= 0.3 is 5.97 Å². The molecule has 4 nitrogen and oxygen atoms in total. The van der Waals surface area contributed by atoms with Gasteiger partial charge < -0.3 is 9.84 Å². The first kappa shape index (κ1) is 14.3. The third-order valence-electron chi connectivity index (χ3n) is 2.75. The van der Waals surface area contributed by atoms with E-state index in [0.717, 1.165) is 31.9 Å². The van der Waals surface area contributed by atoms with Crippen molar-refractivity contribution in [3.05, 3.63) is 35.4 Å². The normalized spacial score (nSPS) is 16.2. The summed E-state index contributed by atoms with van der Waals surface area (Å²) >= 11 is 0. The average Bonchev–Trinajstić information content (AvgIpc) is 2.31. The molecule has 2 rings (SSSR count). The van der Waals surface area contributed by atoms with Gasteiger partial charge in [0.05, 0.1) is 18.8 Å². The molecule has 0 spiro atoms. The summed E-state index contributed by atoms with van der Waals surface area (Å²) in [4.78, 5) is 13.2. The van der Waals surface area contributed by atoms with Crippen molar-refractivity contribution < 1.29 is 14.6 Å². The Balaban J connectivity index is 0.00000144. The minimum Gasteiger partial charge on any atom is -0.478 e. The maximum atomic E-state index is 11.0. The Hall–Kier alpha value is -0.793. The molecule has 5 heteroatoms. The van der Waals surface area contributed by atoms with Crippen LogP contribution < -0.4 is 0 Å². The van der Waals surface area contributed by atoms with Crippen molar-refractivity contribution >= 4 is 24.8 Å². The molecule has 0 aliphatic carbocycles. The fraction of sp³-hybridized carbons (Fsp3) is 0.417. The molecule has 1 aromatic carbocycles. The largest absolute Gasteiger partial charge is 0.478 e. The number of benzene rings is 1. The molecule has 0 aromatic heterocycles. The van der Waals surface area contributed by atoms with Crippen LogP contribution in [0.3, 0.4) is 0 Å². The van der Waals surface area contributed by atoms with Gasteiger partial charge in [0.15, 0.2) is 0 Å². The maximum Gasteiger partial charge on any atom is 0.336 e. The topological polar surface area (TPSA) is 49.8 Å². The number of hydrogen-bond donors (Lipinski definition) is 1. The first-order chi connectivity index (χ1) is 7.77. The Morgan fingerprint density at radius 1 is 1.29 bits per heavy atom. The number of carbonyl (C=O) groups is 1. The molecule has 0 amide bonds. The number of carboxylic acids is 1. The number of nitrogens with zero attached hydrogens (tertiary/aromatic N) is 1. The van der Waals surface area contributed by atoms with Crippen molar-refractivity contribution in [1.82, 2.24) is 4.90 Å². The van der Waals surface area contributed by atoms with Crippen molar-refractivity contribution in [2.75, 3.05) is 26.3 Å². The molecule has 1 aliphatic heterocycles. The zero-order chi connectivity index (χ0) is 11.4. The van der Waals surface area contributed by atoms with Crippen molar-refractivity contribution in [1.29, 1.82) is 0 Å². The minimum absolute atomic E-state index is 0. The molecular formula is C12H15LiNO3. The Bertz CT molecular complexity index is 378. The first-order valence-electron chi connectivity index (χ1n) is 5.38. The summed E-state index contributed by atoms with van der Waals surface area (Å²) in [6.07, 6.45) is 0. The fourth-order valence-corrected chi connectivity index (χ4v) is 1.87. The summed E-state index contributed by atoms with van der Waals surface area (Å²) in [7, 11) is 0. The second kappa shape index (κ2) is 6.83. The van der Waals surface area contributed by atoms with E-state index in [9.17, 15) is 4.79 Å². The summed E-state index contributed by atoms with van der Waals surface area (Å²) in [5, 5.41) is 9.05. The zero-order valence-corrected chi connectivity index (χ0v) is 10.1. The van der Waals surface area contributed by atoms with E-state index in [1.165, 1.54) is 0 Å². The molecule has 0 atom stereocenters. The van der Waals surface area contributed by atoms with Crippen LogP contribution >= 0.6 is 0 Å². The molecule has 0 saturated carbocycles. The molecule has 0 bridgehead atoms. The van der Waals surface area contributed by atoms with E-state index >= 15 is 0 Å². The Kier molecular flexibility index (Phi) is 5.73. The molecule has 1 radical (unpaired) electrons. The number of carboxylic acid groups (broad SMARTS) is 1. The van der Waals surface area contributed by atoms with Crippen LogP contribution in [0.4, 0.5) is 0 Å². The molecule has 1 heterocycles.